The molecule has 2 aliphatic heterocycles. The quantitative estimate of drug-likeness (QED) is 0.750. The molecular weight excluding hydrogens is 384 g/mol. The molecule has 0 fully saturated rings. The number of hydrogen-bond acceptors (Lipinski definition) is 4. The first-order valence-corrected chi connectivity index (χ1v) is 10.3. The Hall–Kier alpha value is -3.06. The molecule has 3 heterocycles. The standard InChI is InChI=1S/C22H22N4O2S/c1-5-28-19-9-7-6-8-18(19)25-13(2)10-16(15(25)4)11-17-20(23)26-14(3)12-29-22(26)24-21(17)27/h6-12,23H,5H2,1-4H3/b17-11+,23-20?. The summed E-state index contributed by atoms with van der Waals surface area (Å²) in [6.07, 6.45) is 1.77. The van der Waals surface area contributed by atoms with E-state index in [9.17, 15) is 4.79 Å². The highest BCUT2D eigenvalue weighted by Gasteiger charge is 2.34. The SMILES string of the molecule is CCOc1ccccc1-n1c(C)cc(/C=C2\C(=N)N3C(C)=CSC3=NC2=O)c1C. The highest BCUT2D eigenvalue weighted by atomic mass is 32.2. The minimum absolute atomic E-state index is 0.165. The van der Waals surface area contributed by atoms with Crippen LogP contribution in [0.2, 0.25) is 0 Å². The Morgan fingerprint density at radius 2 is 2.00 bits per heavy atom. The summed E-state index contributed by atoms with van der Waals surface area (Å²) in [6.45, 7) is 8.48. The predicted octanol–water partition coefficient (Wildman–Crippen LogP) is 4.66. The van der Waals surface area contributed by atoms with Gasteiger partial charge >= 0.3 is 0 Å². The zero-order chi connectivity index (χ0) is 20.7. The van der Waals surface area contributed by atoms with Gasteiger partial charge in [-0.05, 0) is 62.9 Å². The maximum Gasteiger partial charge on any atom is 0.283 e. The number of para-hydroxylation sites is 2. The third kappa shape index (κ3) is 3.21. The third-order valence-electron chi connectivity index (χ3n) is 4.96. The van der Waals surface area contributed by atoms with Crippen molar-refractivity contribution in [2.75, 3.05) is 6.61 Å². The molecule has 2 aromatic rings. The Labute approximate surface area is 174 Å². The van der Waals surface area contributed by atoms with Gasteiger partial charge in [-0.3, -0.25) is 15.1 Å². The van der Waals surface area contributed by atoms with Crippen LogP contribution in [-0.2, 0) is 4.79 Å². The maximum absolute atomic E-state index is 12.6. The van der Waals surface area contributed by atoms with Gasteiger partial charge in [0.25, 0.3) is 5.91 Å². The topological polar surface area (TPSA) is 70.7 Å². The van der Waals surface area contributed by atoms with Gasteiger partial charge in [-0.15, -0.1) is 0 Å². The van der Waals surface area contributed by atoms with Crippen LogP contribution in [0.3, 0.4) is 0 Å². The summed E-state index contributed by atoms with van der Waals surface area (Å²) in [6, 6.07) is 9.92. The molecule has 0 bridgehead atoms. The van der Waals surface area contributed by atoms with Crippen molar-refractivity contribution in [2.24, 2.45) is 4.99 Å². The zero-order valence-corrected chi connectivity index (χ0v) is 17.6. The molecule has 1 aromatic carbocycles. The van der Waals surface area contributed by atoms with Crippen molar-refractivity contribution in [3.05, 3.63) is 64.0 Å². The van der Waals surface area contributed by atoms with Crippen LogP contribution in [0.25, 0.3) is 11.8 Å². The number of nitrogens with zero attached hydrogens (tertiary/aromatic N) is 3. The third-order valence-corrected chi connectivity index (χ3v) is 5.90. The van der Waals surface area contributed by atoms with Gasteiger partial charge in [0.05, 0.1) is 17.9 Å². The first-order chi connectivity index (χ1) is 13.9. The number of aromatic nitrogens is 1. The summed E-state index contributed by atoms with van der Waals surface area (Å²) < 4.78 is 7.91. The molecule has 4 rings (SSSR count). The van der Waals surface area contributed by atoms with Gasteiger partial charge in [0.2, 0.25) is 0 Å². The Morgan fingerprint density at radius 1 is 1.24 bits per heavy atom. The lowest BCUT2D eigenvalue weighted by atomic mass is 10.1. The monoisotopic (exact) mass is 406 g/mol. The predicted molar refractivity (Wildman–Crippen MR) is 118 cm³/mol. The number of aryl methyl sites for hydroxylation is 1. The number of fused-ring (bicyclic) bond motifs is 1. The van der Waals surface area contributed by atoms with E-state index >= 15 is 0 Å². The van der Waals surface area contributed by atoms with Crippen LogP contribution in [0, 0.1) is 19.3 Å². The van der Waals surface area contributed by atoms with Crippen molar-refractivity contribution < 1.29 is 9.53 Å². The van der Waals surface area contributed by atoms with Crippen LogP contribution < -0.4 is 4.74 Å². The fraction of sp³-hybridized carbons (Fsp3) is 0.227. The average molecular weight is 407 g/mol. The number of carbonyl (C=O) groups is 1. The van der Waals surface area contributed by atoms with E-state index < -0.39 is 0 Å². The number of nitrogens with one attached hydrogen (secondary N) is 1. The molecule has 0 aliphatic carbocycles. The molecule has 0 unspecified atom stereocenters. The lowest BCUT2D eigenvalue weighted by Crippen LogP contribution is -2.37. The second-order valence-electron chi connectivity index (χ2n) is 6.88. The van der Waals surface area contributed by atoms with E-state index in [1.165, 1.54) is 11.8 Å². The summed E-state index contributed by atoms with van der Waals surface area (Å²) in [5.74, 6) is 0.594. The van der Waals surface area contributed by atoms with Gasteiger partial charge in [-0.25, -0.2) is 0 Å². The molecule has 148 valence electrons. The Morgan fingerprint density at radius 3 is 2.76 bits per heavy atom. The molecule has 1 amide bonds. The molecule has 0 saturated carbocycles. The van der Waals surface area contributed by atoms with Crippen molar-refractivity contribution >= 4 is 34.7 Å². The van der Waals surface area contributed by atoms with E-state index in [1.54, 1.807) is 11.0 Å². The number of hydrogen-bond donors (Lipinski definition) is 1. The van der Waals surface area contributed by atoms with Crippen LogP contribution in [0.15, 0.2) is 52.0 Å². The van der Waals surface area contributed by atoms with Crippen molar-refractivity contribution in [1.82, 2.24) is 9.47 Å². The van der Waals surface area contributed by atoms with Crippen LogP contribution in [0.5, 0.6) is 5.75 Å². The van der Waals surface area contributed by atoms with Gasteiger partial charge in [0.15, 0.2) is 5.17 Å². The number of thioether (sulfide) groups is 1. The summed E-state index contributed by atoms with van der Waals surface area (Å²) >= 11 is 1.37. The maximum atomic E-state index is 12.6. The Bertz CT molecular complexity index is 1120. The first kappa shape index (κ1) is 19.3. The van der Waals surface area contributed by atoms with Crippen molar-refractivity contribution in [1.29, 1.82) is 5.41 Å². The van der Waals surface area contributed by atoms with Gasteiger partial charge in [-0.2, -0.15) is 4.99 Å². The van der Waals surface area contributed by atoms with Gasteiger partial charge in [-0.1, -0.05) is 23.9 Å². The van der Waals surface area contributed by atoms with E-state index in [-0.39, 0.29) is 11.7 Å². The molecule has 6 nitrogen and oxygen atoms in total. The lowest BCUT2D eigenvalue weighted by Gasteiger charge is -2.25. The fourth-order valence-electron chi connectivity index (χ4n) is 3.62. The second-order valence-corrected chi connectivity index (χ2v) is 7.72. The normalized spacial score (nSPS) is 17.5. The second kappa shape index (κ2) is 7.40. The van der Waals surface area contributed by atoms with Crippen molar-refractivity contribution in [3.8, 4) is 11.4 Å². The van der Waals surface area contributed by atoms with Gasteiger partial charge in [0, 0.05) is 17.1 Å². The highest BCUT2D eigenvalue weighted by Crippen LogP contribution is 2.33. The van der Waals surface area contributed by atoms with Gasteiger partial charge < -0.3 is 9.30 Å². The van der Waals surface area contributed by atoms with Crippen LogP contribution in [0.4, 0.5) is 0 Å². The minimum Gasteiger partial charge on any atom is -0.492 e. The van der Waals surface area contributed by atoms with E-state index in [1.807, 2.05) is 63.4 Å². The molecule has 0 atom stereocenters. The van der Waals surface area contributed by atoms with E-state index in [0.29, 0.717) is 17.3 Å². The minimum atomic E-state index is -0.378. The number of ether oxygens (including phenoxy) is 1. The molecule has 1 aromatic heterocycles. The molecule has 0 spiro atoms. The smallest absolute Gasteiger partial charge is 0.283 e. The van der Waals surface area contributed by atoms with E-state index in [4.69, 9.17) is 10.1 Å². The lowest BCUT2D eigenvalue weighted by molar-refractivity contribution is -0.114. The molecule has 0 saturated heterocycles. The number of amides is 1. The van der Waals surface area contributed by atoms with E-state index in [0.717, 1.165) is 34.1 Å². The molecule has 29 heavy (non-hydrogen) atoms. The van der Waals surface area contributed by atoms with Crippen LogP contribution >= 0.6 is 11.8 Å². The summed E-state index contributed by atoms with van der Waals surface area (Å²) in [5, 5.41) is 11.0. The molecule has 7 heteroatoms. The fourth-order valence-corrected chi connectivity index (χ4v) is 4.48. The van der Waals surface area contributed by atoms with Crippen molar-refractivity contribution in [3.63, 3.8) is 0 Å². The number of aliphatic imine (C=N–C) groups is 1. The molecule has 1 N–H and O–H groups in total. The Balaban J connectivity index is 1.79. The number of rotatable bonds is 4. The first-order valence-electron chi connectivity index (χ1n) is 9.40. The Kier molecular flexibility index (Phi) is 4.92. The summed E-state index contributed by atoms with van der Waals surface area (Å²) in [7, 11) is 0. The van der Waals surface area contributed by atoms with Crippen LogP contribution in [0.1, 0.15) is 30.8 Å². The average Bonchev–Trinajstić information content (AvgIpc) is 3.19. The molecular formula is C22H22N4O2S. The van der Waals surface area contributed by atoms with Gasteiger partial charge in [0.1, 0.15) is 11.6 Å². The summed E-state index contributed by atoms with van der Waals surface area (Å²) in [4.78, 5) is 18.5. The highest BCUT2D eigenvalue weighted by molar-refractivity contribution is 8.16. The van der Waals surface area contributed by atoms with Crippen LogP contribution in [-0.4, -0.2) is 33.0 Å². The molecule has 0 radical (unpaired) electrons. The summed E-state index contributed by atoms with van der Waals surface area (Å²) in [5.41, 5.74) is 5.02. The number of carbonyl (C=O) groups excluding carboxylic acids is 1. The number of amidine groups is 2. The zero-order valence-electron chi connectivity index (χ0n) is 16.8. The number of benzene rings is 1. The van der Waals surface area contributed by atoms with Crippen molar-refractivity contribution in [2.45, 2.75) is 27.7 Å². The number of allylic oxidation sites excluding steroid dienone is 1. The molecule has 2 aliphatic rings. The van der Waals surface area contributed by atoms with E-state index in [2.05, 4.69) is 9.56 Å². The largest absolute Gasteiger partial charge is 0.492 e.